The Bertz CT molecular complexity index is 1500. The fourth-order valence-electron chi connectivity index (χ4n) is 3.67. The van der Waals surface area contributed by atoms with Crippen molar-refractivity contribution >= 4 is 45.2 Å². The van der Waals surface area contributed by atoms with Crippen LogP contribution < -0.4 is 9.62 Å². The van der Waals surface area contributed by atoms with Crippen molar-refractivity contribution in [3.63, 3.8) is 0 Å². The number of nitrogens with zero attached hydrogens (tertiary/aromatic N) is 4. The van der Waals surface area contributed by atoms with Crippen LogP contribution in [0.2, 0.25) is 5.02 Å². The summed E-state index contributed by atoms with van der Waals surface area (Å²) >= 11 is 6.05. The van der Waals surface area contributed by atoms with E-state index in [4.69, 9.17) is 21.3 Å². The summed E-state index contributed by atoms with van der Waals surface area (Å²) in [5.41, 5.74) is 3.99. The Morgan fingerprint density at radius 2 is 2.00 bits per heavy atom. The van der Waals surface area contributed by atoms with Gasteiger partial charge < -0.3 is 9.73 Å². The summed E-state index contributed by atoms with van der Waals surface area (Å²) < 4.78 is 31.3. The Kier molecular flexibility index (Phi) is 7.29. The van der Waals surface area contributed by atoms with E-state index < -0.39 is 22.8 Å². The van der Waals surface area contributed by atoms with Gasteiger partial charge in [-0.05, 0) is 60.5 Å². The average molecular weight is 510 g/mol. The summed E-state index contributed by atoms with van der Waals surface area (Å²) in [6.07, 6.45) is 1.56. The number of anilines is 1. The Labute approximate surface area is 208 Å². The van der Waals surface area contributed by atoms with Crippen molar-refractivity contribution in [2.24, 2.45) is 0 Å². The molecule has 0 fully saturated rings. The van der Waals surface area contributed by atoms with Gasteiger partial charge >= 0.3 is 0 Å². The van der Waals surface area contributed by atoms with E-state index in [9.17, 15) is 13.2 Å². The molecule has 11 heteroatoms. The number of benzene rings is 2. The third-order valence-corrected chi connectivity index (χ3v) is 6.32. The zero-order valence-corrected chi connectivity index (χ0v) is 20.2. The number of amides is 1. The summed E-state index contributed by atoms with van der Waals surface area (Å²) in [5.74, 6) is -0.495. The van der Waals surface area contributed by atoms with Crippen molar-refractivity contribution in [3.8, 4) is 17.2 Å². The van der Waals surface area contributed by atoms with Crippen molar-refractivity contribution in [2.75, 3.05) is 10.8 Å². The highest BCUT2D eigenvalue weighted by molar-refractivity contribution is 7.74. The van der Waals surface area contributed by atoms with Gasteiger partial charge in [0.2, 0.25) is 16.8 Å². The monoisotopic (exact) mass is 509 g/mol. The highest BCUT2D eigenvalue weighted by Crippen LogP contribution is 2.27. The number of carbonyl (C=O) groups is 1. The molecule has 178 valence electrons. The second kappa shape index (κ2) is 10.5. The number of aryl methyl sites for hydroxylation is 1. The molecule has 0 saturated carbocycles. The summed E-state index contributed by atoms with van der Waals surface area (Å²) in [4.78, 5) is 21.6. The van der Waals surface area contributed by atoms with Gasteiger partial charge in [0.25, 0.3) is 0 Å². The smallest absolute Gasteiger partial charge is 0.245 e. The number of fused-ring (bicyclic) bond motifs is 1. The molecule has 35 heavy (non-hydrogen) atoms. The first-order valence-electron chi connectivity index (χ1n) is 10.5. The second-order valence-corrected chi connectivity index (χ2v) is 8.98. The first kappa shape index (κ1) is 24.2. The predicted molar refractivity (Wildman–Crippen MR) is 132 cm³/mol. The van der Waals surface area contributed by atoms with Crippen molar-refractivity contribution < 1.29 is 17.6 Å². The van der Waals surface area contributed by atoms with Crippen molar-refractivity contribution in [3.05, 3.63) is 77.4 Å². The number of carbonyl (C=O) groups excluding carboxylic acids is 1. The van der Waals surface area contributed by atoms with E-state index in [1.165, 1.54) is 12.1 Å². The molecule has 4 rings (SSSR count). The minimum absolute atomic E-state index is 0.161. The van der Waals surface area contributed by atoms with Crippen LogP contribution in [-0.4, -0.2) is 36.9 Å². The predicted octanol–water partition coefficient (Wildman–Crippen LogP) is 3.44. The lowest BCUT2D eigenvalue weighted by Gasteiger charge is -2.26. The van der Waals surface area contributed by atoms with E-state index in [1.54, 1.807) is 24.4 Å². The van der Waals surface area contributed by atoms with Crippen LogP contribution in [0.1, 0.15) is 11.6 Å². The quantitative estimate of drug-likeness (QED) is 0.275. The molecule has 0 aliphatic rings. The largest absolute Gasteiger partial charge is 0.441 e. The molecule has 1 amide bonds. The van der Waals surface area contributed by atoms with E-state index in [2.05, 4.69) is 15.3 Å². The topological polar surface area (TPSA) is 129 Å². The Hall–Kier alpha value is -3.94. The number of pyridine rings is 1. The first-order valence-corrected chi connectivity index (χ1v) is 12.0. The molecular weight excluding hydrogens is 490 g/mol. The lowest BCUT2D eigenvalue weighted by Crippen LogP contribution is -2.48. The highest BCUT2D eigenvalue weighted by Gasteiger charge is 2.31. The molecular formula is C24H20ClN5O4S. The maximum absolute atomic E-state index is 12.9. The normalized spacial score (nSPS) is 11.8. The minimum Gasteiger partial charge on any atom is -0.441 e. The second-order valence-electron chi connectivity index (χ2n) is 7.63. The SMILES string of the molecule is Cc1cc(-c2ccc3nc(C[C@@H](C(=O)NCC#N)N(c4cccc(Cl)c4)[SH](=O)=O)oc3c2)ccn1. The molecule has 0 aliphatic heterocycles. The van der Waals surface area contributed by atoms with Gasteiger partial charge in [-0.3, -0.25) is 14.1 Å². The molecule has 4 aromatic rings. The first-order chi connectivity index (χ1) is 16.9. The number of hydrogen-bond donors (Lipinski definition) is 2. The van der Waals surface area contributed by atoms with E-state index in [-0.39, 0.29) is 24.5 Å². The van der Waals surface area contributed by atoms with E-state index in [1.807, 2.05) is 37.3 Å². The lowest BCUT2D eigenvalue weighted by molar-refractivity contribution is -0.122. The van der Waals surface area contributed by atoms with Crippen molar-refractivity contribution in [1.82, 2.24) is 15.3 Å². The number of nitrogens with one attached hydrogen (secondary N) is 1. The number of aromatic nitrogens is 2. The number of nitriles is 1. The van der Waals surface area contributed by atoms with Gasteiger partial charge in [-0.1, -0.05) is 23.7 Å². The van der Waals surface area contributed by atoms with Gasteiger partial charge in [-0.2, -0.15) is 5.26 Å². The van der Waals surface area contributed by atoms with Gasteiger partial charge in [0.05, 0.1) is 18.2 Å². The molecule has 1 N–H and O–H groups in total. The summed E-state index contributed by atoms with van der Waals surface area (Å²) in [7, 11) is -3.24. The fourth-order valence-corrected chi connectivity index (χ4v) is 4.58. The maximum atomic E-state index is 12.9. The van der Waals surface area contributed by atoms with Crippen LogP contribution in [0, 0.1) is 18.3 Å². The number of hydrogen-bond acceptors (Lipinski definition) is 7. The number of rotatable bonds is 8. The third-order valence-electron chi connectivity index (χ3n) is 5.22. The molecule has 2 aromatic carbocycles. The molecule has 0 bridgehead atoms. The average Bonchev–Trinajstić information content (AvgIpc) is 3.23. The number of oxazole rings is 1. The van der Waals surface area contributed by atoms with Crippen molar-refractivity contribution in [1.29, 1.82) is 5.26 Å². The fraction of sp³-hybridized carbons (Fsp3) is 0.167. The molecule has 2 aromatic heterocycles. The molecule has 0 spiro atoms. The lowest BCUT2D eigenvalue weighted by atomic mass is 10.1. The van der Waals surface area contributed by atoms with E-state index >= 15 is 0 Å². The van der Waals surface area contributed by atoms with Gasteiger partial charge in [-0.25, -0.2) is 13.4 Å². The van der Waals surface area contributed by atoms with E-state index in [0.29, 0.717) is 16.1 Å². The Balaban J connectivity index is 1.71. The zero-order chi connectivity index (χ0) is 24.9. The molecule has 9 nitrogen and oxygen atoms in total. The number of halogens is 1. The molecule has 1 atom stereocenters. The van der Waals surface area contributed by atoms with Crippen LogP contribution >= 0.6 is 11.6 Å². The zero-order valence-electron chi connectivity index (χ0n) is 18.5. The summed E-state index contributed by atoms with van der Waals surface area (Å²) in [6, 6.07) is 16.0. The Morgan fingerprint density at radius 3 is 2.71 bits per heavy atom. The van der Waals surface area contributed by atoms with E-state index in [0.717, 1.165) is 21.1 Å². The molecule has 0 radical (unpaired) electrons. The van der Waals surface area contributed by atoms with Crippen LogP contribution in [-0.2, 0) is 22.1 Å². The molecule has 0 aliphatic carbocycles. The van der Waals surface area contributed by atoms with Crippen LogP contribution in [0.3, 0.4) is 0 Å². The summed E-state index contributed by atoms with van der Waals surface area (Å²) in [6.45, 7) is 1.62. The summed E-state index contributed by atoms with van der Waals surface area (Å²) in [5, 5.41) is 11.6. The molecule has 2 heterocycles. The van der Waals surface area contributed by atoms with Crippen molar-refractivity contribution in [2.45, 2.75) is 19.4 Å². The minimum atomic E-state index is -3.24. The number of thiol groups is 1. The highest BCUT2D eigenvalue weighted by atomic mass is 35.5. The van der Waals surface area contributed by atoms with Gasteiger partial charge in [0.1, 0.15) is 18.1 Å². The van der Waals surface area contributed by atoms with Gasteiger partial charge in [0.15, 0.2) is 11.5 Å². The van der Waals surface area contributed by atoms with Gasteiger partial charge in [0, 0.05) is 16.9 Å². The molecule has 0 saturated heterocycles. The van der Waals surface area contributed by atoms with Crippen LogP contribution in [0.5, 0.6) is 0 Å². The third kappa shape index (κ3) is 5.59. The van der Waals surface area contributed by atoms with Crippen LogP contribution in [0.4, 0.5) is 5.69 Å². The Morgan fingerprint density at radius 1 is 1.20 bits per heavy atom. The molecule has 0 unspecified atom stereocenters. The standard InChI is InChI=1S/C24H20ClN5O4S/c1-15-11-17(7-9-27-15)16-5-6-20-22(12-16)34-23(29-20)14-21(24(31)28-10-8-26)30(35(32)33)19-4-2-3-18(25)13-19/h2-7,9,11-13,21,35H,10,14H2,1H3,(H,28,31)/t21-/m0/s1. The maximum Gasteiger partial charge on any atom is 0.245 e. The van der Waals surface area contributed by atoms with Gasteiger partial charge in [-0.15, -0.1) is 0 Å². The van der Waals surface area contributed by atoms with Crippen LogP contribution in [0.15, 0.2) is 65.2 Å². The van der Waals surface area contributed by atoms with Crippen LogP contribution in [0.25, 0.3) is 22.2 Å².